The second-order valence-electron chi connectivity index (χ2n) is 5.15. The van der Waals surface area contributed by atoms with Crippen molar-refractivity contribution in [1.29, 1.82) is 0 Å². The summed E-state index contributed by atoms with van der Waals surface area (Å²) in [5.74, 6) is 0. The van der Waals surface area contributed by atoms with Gasteiger partial charge in [-0.05, 0) is 22.8 Å². The predicted molar refractivity (Wildman–Crippen MR) is 70.5 cm³/mol. The molecule has 1 aliphatic rings. The quantitative estimate of drug-likeness (QED) is 0.667. The van der Waals surface area contributed by atoms with Crippen molar-refractivity contribution in [1.82, 2.24) is 10.3 Å². The van der Waals surface area contributed by atoms with Gasteiger partial charge in [0, 0.05) is 19.2 Å². The molecule has 8 heteroatoms. The molecule has 3 rings (SSSR count). The second kappa shape index (κ2) is 4.41. The molecule has 0 atom stereocenters. The minimum Gasteiger partial charge on any atom is -0.386 e. The maximum absolute atomic E-state index is 10.9. The highest BCUT2D eigenvalue weighted by molar-refractivity contribution is 5.94. The zero-order chi connectivity index (χ0) is 14.3. The van der Waals surface area contributed by atoms with Crippen molar-refractivity contribution in [2.75, 3.05) is 18.0 Å². The number of aromatic nitrogens is 2. The van der Waals surface area contributed by atoms with Crippen LogP contribution in [0.25, 0.3) is 11.0 Å². The van der Waals surface area contributed by atoms with Crippen molar-refractivity contribution in [3.63, 3.8) is 0 Å². The molecule has 0 saturated carbocycles. The van der Waals surface area contributed by atoms with Gasteiger partial charge in [-0.25, -0.2) is 4.63 Å². The highest BCUT2D eigenvalue weighted by atomic mass is 16.6. The maximum atomic E-state index is 10.9. The van der Waals surface area contributed by atoms with Crippen molar-refractivity contribution in [3.05, 3.63) is 22.2 Å². The Bertz CT molecular complexity index is 663. The van der Waals surface area contributed by atoms with Crippen molar-refractivity contribution in [3.8, 4) is 0 Å². The van der Waals surface area contributed by atoms with Crippen LogP contribution in [0.4, 0.5) is 11.4 Å². The standard InChI is InChI=1S/C12H14N4O4/c1-2-5-12(17)6-15(7-12)8-3-4-9(16(18)19)11-10(8)13-20-14-11/h3-4,17H,2,5-7H2,1H3. The van der Waals surface area contributed by atoms with Gasteiger partial charge in [0.2, 0.25) is 5.52 Å². The van der Waals surface area contributed by atoms with Crippen molar-refractivity contribution in [2.24, 2.45) is 0 Å². The number of non-ortho nitro benzene ring substituents is 1. The van der Waals surface area contributed by atoms with E-state index < -0.39 is 10.5 Å². The molecular weight excluding hydrogens is 264 g/mol. The number of hydrogen-bond donors (Lipinski definition) is 1. The molecule has 0 amide bonds. The number of aliphatic hydroxyl groups is 1. The number of fused-ring (bicyclic) bond motifs is 1. The van der Waals surface area contributed by atoms with Gasteiger partial charge in [-0.2, -0.15) is 0 Å². The number of benzene rings is 1. The smallest absolute Gasteiger partial charge is 0.300 e. The molecule has 2 aromatic rings. The van der Waals surface area contributed by atoms with Crippen LogP contribution in [0.1, 0.15) is 19.8 Å². The third-order valence-electron chi connectivity index (χ3n) is 3.60. The molecule has 1 aliphatic heterocycles. The SMILES string of the molecule is CCCC1(O)CN(c2ccc([N+](=O)[O-])c3nonc23)C1. The average Bonchev–Trinajstić information content (AvgIpc) is 2.83. The first-order valence-corrected chi connectivity index (χ1v) is 6.41. The predicted octanol–water partition coefficient (Wildman–Crippen LogP) is 1.48. The Morgan fingerprint density at radius 2 is 2.15 bits per heavy atom. The summed E-state index contributed by atoms with van der Waals surface area (Å²) in [5.41, 5.74) is 0.387. The number of nitro benzene ring substituents is 1. The van der Waals surface area contributed by atoms with Crippen LogP contribution in [0.3, 0.4) is 0 Å². The van der Waals surface area contributed by atoms with Gasteiger partial charge in [0.15, 0.2) is 5.52 Å². The topological polar surface area (TPSA) is 106 Å². The molecule has 20 heavy (non-hydrogen) atoms. The molecule has 1 aromatic carbocycles. The van der Waals surface area contributed by atoms with Crippen molar-refractivity contribution in [2.45, 2.75) is 25.4 Å². The van der Waals surface area contributed by atoms with Crippen LogP contribution in [0.5, 0.6) is 0 Å². The molecule has 0 unspecified atom stereocenters. The Labute approximate surface area is 114 Å². The summed E-state index contributed by atoms with van der Waals surface area (Å²) in [5, 5.41) is 28.4. The first-order valence-electron chi connectivity index (χ1n) is 6.41. The monoisotopic (exact) mass is 278 g/mol. The first-order chi connectivity index (χ1) is 9.54. The van der Waals surface area contributed by atoms with E-state index in [0.717, 1.165) is 12.8 Å². The Morgan fingerprint density at radius 3 is 2.80 bits per heavy atom. The largest absolute Gasteiger partial charge is 0.386 e. The molecule has 1 N–H and O–H groups in total. The Balaban J connectivity index is 1.93. The van der Waals surface area contributed by atoms with Gasteiger partial charge in [0.05, 0.1) is 16.2 Å². The van der Waals surface area contributed by atoms with Crippen LogP contribution in [-0.4, -0.2) is 39.0 Å². The average molecular weight is 278 g/mol. The molecule has 106 valence electrons. The highest BCUT2D eigenvalue weighted by Crippen LogP contribution is 2.36. The summed E-state index contributed by atoms with van der Waals surface area (Å²) in [6.07, 6.45) is 1.64. The van der Waals surface area contributed by atoms with E-state index in [2.05, 4.69) is 14.9 Å². The number of hydrogen-bond acceptors (Lipinski definition) is 7. The molecule has 0 radical (unpaired) electrons. The van der Waals surface area contributed by atoms with Crippen LogP contribution < -0.4 is 4.90 Å². The summed E-state index contributed by atoms with van der Waals surface area (Å²) >= 11 is 0. The number of nitrogens with zero attached hydrogens (tertiary/aromatic N) is 4. The lowest BCUT2D eigenvalue weighted by molar-refractivity contribution is -0.383. The van der Waals surface area contributed by atoms with Gasteiger partial charge in [-0.1, -0.05) is 13.3 Å². The molecule has 1 fully saturated rings. The number of nitro groups is 1. The van der Waals surface area contributed by atoms with Crippen LogP contribution >= 0.6 is 0 Å². The third-order valence-corrected chi connectivity index (χ3v) is 3.60. The van der Waals surface area contributed by atoms with Gasteiger partial charge < -0.3 is 10.0 Å². The zero-order valence-electron chi connectivity index (χ0n) is 10.9. The summed E-state index contributed by atoms with van der Waals surface area (Å²) in [6, 6.07) is 3.01. The summed E-state index contributed by atoms with van der Waals surface area (Å²) in [4.78, 5) is 12.3. The minimum absolute atomic E-state index is 0.130. The highest BCUT2D eigenvalue weighted by Gasteiger charge is 2.41. The molecular formula is C12H14N4O4. The minimum atomic E-state index is -0.681. The lowest BCUT2D eigenvalue weighted by Crippen LogP contribution is -2.62. The number of rotatable bonds is 4. The van der Waals surface area contributed by atoms with E-state index in [0.29, 0.717) is 24.3 Å². The fourth-order valence-corrected chi connectivity index (χ4v) is 2.70. The lowest BCUT2D eigenvalue weighted by Gasteiger charge is -2.47. The second-order valence-corrected chi connectivity index (χ2v) is 5.15. The van der Waals surface area contributed by atoms with Crippen LogP contribution in [0, 0.1) is 10.1 Å². The Hall–Kier alpha value is -2.22. The fraction of sp³-hybridized carbons (Fsp3) is 0.500. The molecule has 0 spiro atoms. The molecule has 0 bridgehead atoms. The summed E-state index contributed by atoms with van der Waals surface area (Å²) in [7, 11) is 0. The maximum Gasteiger partial charge on any atom is 0.300 e. The molecule has 8 nitrogen and oxygen atoms in total. The molecule has 0 aliphatic carbocycles. The summed E-state index contributed by atoms with van der Waals surface area (Å²) in [6.45, 7) is 2.99. The first kappa shape index (κ1) is 12.8. The van der Waals surface area contributed by atoms with Crippen LogP contribution in [0.15, 0.2) is 16.8 Å². The Kier molecular flexibility index (Phi) is 2.82. The van der Waals surface area contributed by atoms with Crippen molar-refractivity contribution < 1.29 is 14.7 Å². The normalized spacial score (nSPS) is 17.2. The van der Waals surface area contributed by atoms with Crippen LogP contribution in [-0.2, 0) is 0 Å². The number of anilines is 1. The van der Waals surface area contributed by atoms with Gasteiger partial charge in [-0.3, -0.25) is 10.1 Å². The van der Waals surface area contributed by atoms with E-state index in [4.69, 9.17) is 0 Å². The van der Waals surface area contributed by atoms with E-state index in [-0.39, 0.29) is 11.2 Å². The lowest BCUT2D eigenvalue weighted by atomic mass is 9.88. The zero-order valence-corrected chi connectivity index (χ0v) is 10.9. The van der Waals surface area contributed by atoms with Crippen LogP contribution in [0.2, 0.25) is 0 Å². The van der Waals surface area contributed by atoms with Gasteiger partial charge in [0.1, 0.15) is 0 Å². The molecule has 1 aromatic heterocycles. The Morgan fingerprint density at radius 1 is 1.45 bits per heavy atom. The van der Waals surface area contributed by atoms with Gasteiger partial charge in [-0.15, -0.1) is 0 Å². The number of β-amino-alcohol motifs (C(OH)–C–C–N with tert-alkyl or cyclic N) is 1. The third kappa shape index (κ3) is 1.88. The van der Waals surface area contributed by atoms with Crippen molar-refractivity contribution >= 4 is 22.4 Å². The van der Waals surface area contributed by atoms with E-state index in [9.17, 15) is 15.2 Å². The van der Waals surface area contributed by atoms with Gasteiger partial charge >= 0.3 is 5.69 Å². The molecule has 2 heterocycles. The van der Waals surface area contributed by atoms with E-state index in [1.54, 1.807) is 6.07 Å². The van der Waals surface area contributed by atoms with E-state index >= 15 is 0 Å². The van der Waals surface area contributed by atoms with Gasteiger partial charge in [0.25, 0.3) is 0 Å². The molecule has 1 saturated heterocycles. The summed E-state index contributed by atoms with van der Waals surface area (Å²) < 4.78 is 4.62. The van der Waals surface area contributed by atoms with E-state index in [1.807, 2.05) is 11.8 Å². The van der Waals surface area contributed by atoms with E-state index in [1.165, 1.54) is 6.07 Å². The fourth-order valence-electron chi connectivity index (χ4n) is 2.70.